The molecule has 2 amide bonds. The van der Waals surface area contributed by atoms with Crippen molar-refractivity contribution in [2.24, 2.45) is 0 Å². The van der Waals surface area contributed by atoms with Crippen LogP contribution in [0.25, 0.3) is 0 Å². The van der Waals surface area contributed by atoms with E-state index in [4.69, 9.17) is 9.47 Å². The summed E-state index contributed by atoms with van der Waals surface area (Å²) in [7, 11) is 0. The van der Waals surface area contributed by atoms with Crippen molar-refractivity contribution >= 4 is 17.8 Å². The summed E-state index contributed by atoms with van der Waals surface area (Å²) in [5.41, 5.74) is 0.412. The van der Waals surface area contributed by atoms with E-state index in [-0.39, 0.29) is 31.6 Å². The topological polar surface area (TPSA) is 84.9 Å². The van der Waals surface area contributed by atoms with Crippen LogP contribution in [0.15, 0.2) is 54.6 Å². The van der Waals surface area contributed by atoms with E-state index in [2.05, 4.69) is 5.32 Å². The summed E-state index contributed by atoms with van der Waals surface area (Å²) in [4.78, 5) is 37.6. The average Bonchev–Trinajstić information content (AvgIpc) is 3.60. The first-order valence-electron chi connectivity index (χ1n) is 9.66. The molecular formula is C22H23FN2O5. The molecule has 8 heteroatoms. The number of carbonyl (C=O) groups excluding carboxylic acids is 3. The molecule has 1 aliphatic carbocycles. The second-order valence-corrected chi connectivity index (χ2v) is 6.88. The van der Waals surface area contributed by atoms with E-state index in [0.29, 0.717) is 11.3 Å². The number of ether oxygens (including phenoxy) is 2. The maximum atomic E-state index is 13.9. The predicted octanol–water partition coefficient (Wildman–Crippen LogP) is 2.06. The van der Waals surface area contributed by atoms with Crippen LogP contribution in [0.1, 0.15) is 18.4 Å². The van der Waals surface area contributed by atoms with Gasteiger partial charge in [-0.25, -0.2) is 4.39 Å². The Hall–Kier alpha value is -3.42. The van der Waals surface area contributed by atoms with Crippen molar-refractivity contribution in [1.29, 1.82) is 0 Å². The lowest BCUT2D eigenvalue weighted by Crippen LogP contribution is -2.38. The molecule has 2 aromatic rings. The Kier molecular flexibility index (Phi) is 7.37. The summed E-state index contributed by atoms with van der Waals surface area (Å²) in [5.74, 6) is -1.46. The average molecular weight is 414 g/mol. The first-order chi connectivity index (χ1) is 14.5. The summed E-state index contributed by atoms with van der Waals surface area (Å²) in [5, 5.41) is 2.38. The van der Waals surface area contributed by atoms with Crippen LogP contribution in [-0.2, 0) is 25.7 Å². The molecule has 0 aliphatic heterocycles. The third kappa shape index (κ3) is 6.58. The van der Waals surface area contributed by atoms with Crippen molar-refractivity contribution < 1.29 is 28.2 Å². The van der Waals surface area contributed by atoms with Crippen molar-refractivity contribution in [3.63, 3.8) is 0 Å². The Balaban J connectivity index is 1.39. The Labute approximate surface area is 173 Å². The van der Waals surface area contributed by atoms with Crippen LogP contribution < -0.4 is 10.1 Å². The number of hydrogen-bond donors (Lipinski definition) is 1. The molecular weight excluding hydrogens is 391 g/mol. The van der Waals surface area contributed by atoms with E-state index in [1.165, 1.54) is 11.0 Å². The van der Waals surface area contributed by atoms with Crippen molar-refractivity contribution in [2.45, 2.75) is 25.4 Å². The number of esters is 1. The molecule has 0 aromatic heterocycles. The lowest BCUT2D eigenvalue weighted by Gasteiger charge is -2.22. The van der Waals surface area contributed by atoms with E-state index in [9.17, 15) is 18.8 Å². The van der Waals surface area contributed by atoms with Crippen LogP contribution in [-0.4, -0.2) is 48.5 Å². The van der Waals surface area contributed by atoms with Crippen LogP contribution in [0, 0.1) is 5.82 Å². The number of benzene rings is 2. The molecule has 1 fully saturated rings. The molecule has 7 nitrogen and oxygen atoms in total. The number of halogens is 1. The first kappa shape index (κ1) is 21.3. The van der Waals surface area contributed by atoms with E-state index in [1.807, 2.05) is 6.07 Å². The van der Waals surface area contributed by atoms with Gasteiger partial charge in [-0.3, -0.25) is 14.4 Å². The smallest absolute Gasteiger partial charge is 0.325 e. The van der Waals surface area contributed by atoms with E-state index in [0.717, 1.165) is 12.8 Å². The van der Waals surface area contributed by atoms with Gasteiger partial charge in [-0.05, 0) is 31.0 Å². The summed E-state index contributed by atoms with van der Waals surface area (Å²) >= 11 is 0. The Bertz CT molecular complexity index is 886. The fraction of sp³-hybridized carbons (Fsp3) is 0.318. The normalized spacial score (nSPS) is 12.7. The monoisotopic (exact) mass is 414 g/mol. The Morgan fingerprint density at radius 1 is 1.00 bits per heavy atom. The second-order valence-electron chi connectivity index (χ2n) is 6.88. The first-order valence-corrected chi connectivity index (χ1v) is 9.66. The van der Waals surface area contributed by atoms with Gasteiger partial charge in [0.05, 0.1) is 0 Å². The van der Waals surface area contributed by atoms with Gasteiger partial charge in [0.1, 0.15) is 18.1 Å². The fourth-order valence-corrected chi connectivity index (χ4v) is 2.78. The van der Waals surface area contributed by atoms with Gasteiger partial charge in [-0.1, -0.05) is 36.4 Å². The van der Waals surface area contributed by atoms with Gasteiger partial charge in [-0.2, -0.15) is 0 Å². The highest BCUT2D eigenvalue weighted by molar-refractivity contribution is 5.85. The van der Waals surface area contributed by atoms with Crippen molar-refractivity contribution in [3.05, 3.63) is 66.0 Å². The number of nitrogens with one attached hydrogen (secondary N) is 1. The molecule has 0 spiro atoms. The number of amides is 2. The van der Waals surface area contributed by atoms with Crippen LogP contribution >= 0.6 is 0 Å². The molecule has 2 aromatic carbocycles. The maximum absolute atomic E-state index is 13.9. The summed E-state index contributed by atoms with van der Waals surface area (Å²) in [6.45, 7) is -0.948. The third-order valence-electron chi connectivity index (χ3n) is 4.51. The standard InChI is InChI=1S/C22H23FN2O5/c23-19-9-5-4-6-16(19)13-25(17-10-11-17)21(27)15-30-22(28)12-24-20(26)14-29-18-7-2-1-3-8-18/h1-9,17H,10-15H2,(H,24,26). The number of hydrogen-bond acceptors (Lipinski definition) is 5. The van der Waals surface area contributed by atoms with Crippen molar-refractivity contribution in [3.8, 4) is 5.75 Å². The zero-order valence-corrected chi connectivity index (χ0v) is 16.4. The van der Waals surface area contributed by atoms with E-state index < -0.39 is 24.4 Å². The number of para-hydroxylation sites is 1. The van der Waals surface area contributed by atoms with Gasteiger partial charge in [0.25, 0.3) is 11.8 Å². The van der Waals surface area contributed by atoms with E-state index in [1.54, 1.807) is 42.5 Å². The zero-order chi connectivity index (χ0) is 21.3. The van der Waals surface area contributed by atoms with Gasteiger partial charge in [0, 0.05) is 18.2 Å². The lowest BCUT2D eigenvalue weighted by atomic mass is 10.2. The minimum Gasteiger partial charge on any atom is -0.484 e. The highest BCUT2D eigenvalue weighted by atomic mass is 19.1. The van der Waals surface area contributed by atoms with Gasteiger partial charge >= 0.3 is 5.97 Å². The molecule has 0 saturated heterocycles. The number of nitrogens with zero attached hydrogens (tertiary/aromatic N) is 1. The zero-order valence-electron chi connectivity index (χ0n) is 16.4. The minimum atomic E-state index is -0.738. The molecule has 1 N–H and O–H groups in total. The molecule has 158 valence electrons. The van der Waals surface area contributed by atoms with Crippen LogP contribution in [0.5, 0.6) is 5.75 Å². The molecule has 0 radical (unpaired) electrons. The van der Waals surface area contributed by atoms with Gasteiger partial charge in [0.15, 0.2) is 13.2 Å². The molecule has 0 heterocycles. The SMILES string of the molecule is O=C(COc1ccccc1)NCC(=O)OCC(=O)N(Cc1ccccc1F)C1CC1. The lowest BCUT2D eigenvalue weighted by molar-refractivity contribution is -0.152. The minimum absolute atomic E-state index is 0.0330. The van der Waals surface area contributed by atoms with Gasteiger partial charge in [-0.15, -0.1) is 0 Å². The molecule has 30 heavy (non-hydrogen) atoms. The quantitative estimate of drug-likeness (QED) is 0.602. The largest absolute Gasteiger partial charge is 0.484 e. The molecule has 0 unspecified atom stereocenters. The predicted molar refractivity (Wildman–Crippen MR) is 106 cm³/mol. The van der Waals surface area contributed by atoms with Crippen molar-refractivity contribution in [1.82, 2.24) is 10.2 Å². The van der Waals surface area contributed by atoms with Crippen LogP contribution in [0.2, 0.25) is 0 Å². The number of rotatable bonds is 10. The van der Waals surface area contributed by atoms with Crippen molar-refractivity contribution in [2.75, 3.05) is 19.8 Å². The molecule has 1 saturated carbocycles. The maximum Gasteiger partial charge on any atom is 0.325 e. The van der Waals surface area contributed by atoms with Gasteiger partial charge in [0.2, 0.25) is 0 Å². The summed E-state index contributed by atoms with van der Waals surface area (Å²) < 4.78 is 24.1. The molecule has 0 atom stereocenters. The fourth-order valence-electron chi connectivity index (χ4n) is 2.78. The Morgan fingerprint density at radius 3 is 2.40 bits per heavy atom. The second kappa shape index (κ2) is 10.4. The molecule has 0 bridgehead atoms. The summed E-state index contributed by atoms with van der Waals surface area (Å²) in [6, 6.07) is 15.1. The molecule has 1 aliphatic rings. The van der Waals surface area contributed by atoms with Gasteiger partial charge < -0.3 is 19.7 Å². The van der Waals surface area contributed by atoms with Crippen LogP contribution in [0.4, 0.5) is 4.39 Å². The highest BCUT2D eigenvalue weighted by Gasteiger charge is 2.33. The van der Waals surface area contributed by atoms with E-state index >= 15 is 0 Å². The third-order valence-corrected chi connectivity index (χ3v) is 4.51. The summed E-state index contributed by atoms with van der Waals surface area (Å²) in [6.07, 6.45) is 1.68. The highest BCUT2D eigenvalue weighted by Crippen LogP contribution is 2.29. The molecule has 3 rings (SSSR count). The Morgan fingerprint density at radius 2 is 1.70 bits per heavy atom. The van der Waals surface area contributed by atoms with Crippen LogP contribution in [0.3, 0.4) is 0 Å². The number of carbonyl (C=O) groups is 3.